The van der Waals surface area contributed by atoms with E-state index >= 15 is 0 Å². The fourth-order valence-corrected chi connectivity index (χ4v) is 3.45. The molecule has 0 spiro atoms. The predicted molar refractivity (Wildman–Crippen MR) is 116 cm³/mol. The summed E-state index contributed by atoms with van der Waals surface area (Å²) in [7, 11) is 4.96. The summed E-state index contributed by atoms with van der Waals surface area (Å²) >= 11 is 0. The SMILES string of the molecule is COc1ccc(CCN(C)C(=O)Nc2ccc(C(=O)N3CCCC3)cc2)cc1OC. The summed E-state index contributed by atoms with van der Waals surface area (Å²) in [6, 6.07) is 12.6. The van der Waals surface area contributed by atoms with Crippen LogP contribution < -0.4 is 14.8 Å². The molecule has 0 radical (unpaired) electrons. The number of carbonyl (C=O) groups is 2. The number of urea groups is 1. The van der Waals surface area contributed by atoms with Crippen LogP contribution >= 0.6 is 0 Å². The van der Waals surface area contributed by atoms with Gasteiger partial charge in [-0.1, -0.05) is 6.07 Å². The molecule has 7 heteroatoms. The number of nitrogens with zero attached hydrogens (tertiary/aromatic N) is 2. The second-order valence-electron chi connectivity index (χ2n) is 7.37. The van der Waals surface area contributed by atoms with E-state index in [0.717, 1.165) is 31.5 Å². The number of amides is 3. The van der Waals surface area contributed by atoms with E-state index in [1.807, 2.05) is 23.1 Å². The van der Waals surface area contributed by atoms with Crippen molar-refractivity contribution in [3.05, 3.63) is 53.6 Å². The Hall–Kier alpha value is -3.22. The van der Waals surface area contributed by atoms with E-state index in [1.165, 1.54) is 0 Å². The number of likely N-dealkylation sites (tertiary alicyclic amines) is 1. The van der Waals surface area contributed by atoms with E-state index in [4.69, 9.17) is 9.47 Å². The first-order valence-corrected chi connectivity index (χ1v) is 10.1. The van der Waals surface area contributed by atoms with Crippen LogP contribution in [0.15, 0.2) is 42.5 Å². The quantitative estimate of drug-likeness (QED) is 0.755. The second-order valence-corrected chi connectivity index (χ2v) is 7.37. The summed E-state index contributed by atoms with van der Waals surface area (Å²) in [6.07, 6.45) is 2.82. The zero-order valence-corrected chi connectivity index (χ0v) is 17.8. The Morgan fingerprint density at radius 2 is 1.67 bits per heavy atom. The minimum Gasteiger partial charge on any atom is -0.493 e. The summed E-state index contributed by atoms with van der Waals surface area (Å²) in [4.78, 5) is 28.4. The van der Waals surface area contributed by atoms with Gasteiger partial charge in [0, 0.05) is 37.9 Å². The van der Waals surface area contributed by atoms with Crippen LogP contribution in [0.2, 0.25) is 0 Å². The zero-order chi connectivity index (χ0) is 21.5. The topological polar surface area (TPSA) is 71.1 Å². The molecule has 2 aromatic rings. The van der Waals surface area contributed by atoms with E-state index < -0.39 is 0 Å². The average Bonchev–Trinajstić information content (AvgIpc) is 3.32. The molecule has 0 unspecified atom stereocenters. The lowest BCUT2D eigenvalue weighted by atomic mass is 10.1. The summed E-state index contributed by atoms with van der Waals surface area (Å²) in [6.45, 7) is 2.19. The molecule has 7 nitrogen and oxygen atoms in total. The molecule has 1 fully saturated rings. The molecule has 0 bridgehead atoms. The van der Waals surface area contributed by atoms with Crippen molar-refractivity contribution < 1.29 is 19.1 Å². The van der Waals surface area contributed by atoms with Crippen molar-refractivity contribution in [3.63, 3.8) is 0 Å². The summed E-state index contributed by atoms with van der Waals surface area (Å²) < 4.78 is 10.6. The fraction of sp³-hybridized carbons (Fsp3) is 0.391. The van der Waals surface area contributed by atoms with Gasteiger partial charge in [0.05, 0.1) is 14.2 Å². The Balaban J connectivity index is 1.52. The Bertz CT molecular complexity index is 877. The van der Waals surface area contributed by atoms with Gasteiger partial charge >= 0.3 is 6.03 Å². The van der Waals surface area contributed by atoms with Crippen LogP contribution in [0.4, 0.5) is 10.5 Å². The Morgan fingerprint density at radius 3 is 2.30 bits per heavy atom. The number of benzene rings is 2. The van der Waals surface area contributed by atoms with Crippen LogP contribution in [0.25, 0.3) is 0 Å². The molecule has 1 aliphatic rings. The smallest absolute Gasteiger partial charge is 0.321 e. The number of nitrogens with one attached hydrogen (secondary N) is 1. The highest BCUT2D eigenvalue weighted by Gasteiger charge is 2.19. The molecule has 3 rings (SSSR count). The average molecular weight is 412 g/mol. The number of carbonyl (C=O) groups excluding carboxylic acids is 2. The number of hydrogen-bond acceptors (Lipinski definition) is 4. The number of rotatable bonds is 7. The highest BCUT2D eigenvalue weighted by atomic mass is 16.5. The van der Waals surface area contributed by atoms with E-state index in [9.17, 15) is 9.59 Å². The Kier molecular flexibility index (Phi) is 7.17. The van der Waals surface area contributed by atoms with Crippen molar-refractivity contribution >= 4 is 17.6 Å². The molecule has 2 aromatic carbocycles. The molecular weight excluding hydrogens is 382 g/mol. The maximum Gasteiger partial charge on any atom is 0.321 e. The summed E-state index contributed by atoms with van der Waals surface area (Å²) in [5.74, 6) is 1.40. The van der Waals surface area contributed by atoms with Gasteiger partial charge < -0.3 is 24.6 Å². The number of methoxy groups -OCH3 is 2. The van der Waals surface area contributed by atoms with Gasteiger partial charge in [-0.15, -0.1) is 0 Å². The van der Waals surface area contributed by atoms with Gasteiger partial charge in [0.1, 0.15) is 0 Å². The minimum atomic E-state index is -0.200. The van der Waals surface area contributed by atoms with E-state index in [1.54, 1.807) is 50.4 Å². The van der Waals surface area contributed by atoms with Gasteiger partial charge in [-0.3, -0.25) is 4.79 Å². The fourth-order valence-electron chi connectivity index (χ4n) is 3.45. The molecule has 1 N–H and O–H groups in total. The first-order chi connectivity index (χ1) is 14.5. The molecule has 1 aliphatic heterocycles. The van der Waals surface area contributed by atoms with Crippen molar-refractivity contribution in [1.82, 2.24) is 9.80 Å². The van der Waals surface area contributed by atoms with E-state index in [-0.39, 0.29) is 11.9 Å². The van der Waals surface area contributed by atoms with Crippen LogP contribution in [-0.4, -0.2) is 62.6 Å². The molecule has 0 aliphatic carbocycles. The molecule has 0 saturated carbocycles. The zero-order valence-electron chi connectivity index (χ0n) is 17.8. The lowest BCUT2D eigenvalue weighted by Crippen LogP contribution is -2.33. The second kappa shape index (κ2) is 10.0. The largest absolute Gasteiger partial charge is 0.493 e. The third-order valence-corrected chi connectivity index (χ3v) is 5.31. The molecule has 1 saturated heterocycles. The standard InChI is InChI=1S/C23H29N3O4/c1-25(15-12-17-6-11-20(29-2)21(16-17)30-3)23(28)24-19-9-7-18(8-10-19)22(27)26-13-4-5-14-26/h6-11,16H,4-5,12-15H2,1-3H3,(H,24,28). The maximum atomic E-state index is 12.5. The van der Waals surface area contributed by atoms with Crippen LogP contribution in [0.3, 0.4) is 0 Å². The van der Waals surface area contributed by atoms with Crippen molar-refractivity contribution in [3.8, 4) is 11.5 Å². The molecule has 30 heavy (non-hydrogen) atoms. The minimum absolute atomic E-state index is 0.0532. The molecular formula is C23H29N3O4. The monoisotopic (exact) mass is 411 g/mol. The van der Waals surface area contributed by atoms with Gasteiger partial charge in [0.25, 0.3) is 5.91 Å². The predicted octanol–water partition coefficient (Wildman–Crippen LogP) is 3.65. The molecule has 160 valence electrons. The third kappa shape index (κ3) is 5.23. The normalized spacial score (nSPS) is 13.1. The summed E-state index contributed by atoms with van der Waals surface area (Å²) in [5, 5.41) is 2.87. The van der Waals surface area contributed by atoms with Gasteiger partial charge in [-0.25, -0.2) is 4.79 Å². The van der Waals surface area contributed by atoms with Gasteiger partial charge in [0.15, 0.2) is 11.5 Å². The van der Waals surface area contributed by atoms with Gasteiger partial charge in [-0.05, 0) is 61.2 Å². The lowest BCUT2D eigenvalue weighted by molar-refractivity contribution is 0.0793. The van der Waals surface area contributed by atoms with Gasteiger partial charge in [0.2, 0.25) is 0 Å². The molecule has 0 aromatic heterocycles. The number of hydrogen-bond donors (Lipinski definition) is 1. The van der Waals surface area contributed by atoms with Crippen LogP contribution in [0.5, 0.6) is 11.5 Å². The summed E-state index contributed by atoms with van der Waals surface area (Å²) in [5.41, 5.74) is 2.37. The van der Waals surface area contributed by atoms with Gasteiger partial charge in [-0.2, -0.15) is 0 Å². The molecule has 1 heterocycles. The Morgan fingerprint density at radius 1 is 1.00 bits per heavy atom. The van der Waals surface area contributed by atoms with Crippen molar-refractivity contribution in [1.29, 1.82) is 0 Å². The van der Waals surface area contributed by atoms with Crippen LogP contribution in [0.1, 0.15) is 28.8 Å². The van der Waals surface area contributed by atoms with Crippen LogP contribution in [-0.2, 0) is 6.42 Å². The molecule has 0 atom stereocenters. The van der Waals surface area contributed by atoms with Crippen LogP contribution in [0, 0.1) is 0 Å². The first kappa shape index (κ1) is 21.5. The first-order valence-electron chi connectivity index (χ1n) is 10.1. The van der Waals surface area contributed by atoms with E-state index in [0.29, 0.717) is 35.7 Å². The Labute approximate surface area is 177 Å². The third-order valence-electron chi connectivity index (χ3n) is 5.31. The number of anilines is 1. The maximum absolute atomic E-state index is 12.5. The molecule has 3 amide bonds. The van der Waals surface area contributed by atoms with Crippen molar-refractivity contribution in [2.45, 2.75) is 19.3 Å². The highest BCUT2D eigenvalue weighted by molar-refractivity contribution is 5.95. The van der Waals surface area contributed by atoms with Crippen molar-refractivity contribution in [2.24, 2.45) is 0 Å². The van der Waals surface area contributed by atoms with Crippen molar-refractivity contribution in [2.75, 3.05) is 46.2 Å². The number of likely N-dealkylation sites (N-methyl/N-ethyl adjacent to an activating group) is 1. The number of ether oxygens (including phenoxy) is 2. The lowest BCUT2D eigenvalue weighted by Gasteiger charge is -2.19. The highest BCUT2D eigenvalue weighted by Crippen LogP contribution is 2.27. The van der Waals surface area contributed by atoms with E-state index in [2.05, 4.69) is 5.32 Å².